The minimum Gasteiger partial charge on any atom is -0.344 e. The molecule has 6 nitrogen and oxygen atoms in total. The van der Waals surface area contributed by atoms with Crippen molar-refractivity contribution in [1.82, 2.24) is 15.5 Å². The Kier molecular flexibility index (Phi) is 6.02. The van der Waals surface area contributed by atoms with E-state index >= 15 is 0 Å². The van der Waals surface area contributed by atoms with Crippen molar-refractivity contribution in [2.24, 2.45) is 11.7 Å². The van der Waals surface area contributed by atoms with Crippen molar-refractivity contribution in [3.63, 3.8) is 0 Å². The molecule has 1 saturated carbocycles. The number of nitrogens with one attached hydrogen (secondary N) is 1. The van der Waals surface area contributed by atoms with Crippen molar-refractivity contribution >= 4 is 5.91 Å². The second-order valence-corrected chi connectivity index (χ2v) is 7.58. The molecule has 1 amide bonds. The van der Waals surface area contributed by atoms with Crippen molar-refractivity contribution in [3.8, 4) is 0 Å². The Bertz CT molecular complexity index is 852. The number of benzene rings is 1. The molecule has 1 fully saturated rings. The molecule has 28 heavy (non-hydrogen) atoms. The molecule has 152 valence electrons. The third kappa shape index (κ3) is 4.89. The molecule has 1 aliphatic rings. The topological polar surface area (TPSA) is 94.0 Å². The molecular formula is C19H23F3N4O2. The number of aromatic nitrogens is 2. The molecule has 0 spiro atoms. The van der Waals surface area contributed by atoms with Gasteiger partial charge < -0.3 is 15.6 Å². The van der Waals surface area contributed by atoms with Gasteiger partial charge >= 0.3 is 0 Å². The van der Waals surface area contributed by atoms with Crippen LogP contribution < -0.4 is 11.1 Å². The maximum absolute atomic E-state index is 13.7. The predicted molar refractivity (Wildman–Crippen MR) is 94.6 cm³/mol. The lowest BCUT2D eigenvalue weighted by Crippen LogP contribution is -2.37. The van der Waals surface area contributed by atoms with Gasteiger partial charge in [-0.05, 0) is 36.8 Å². The van der Waals surface area contributed by atoms with Crippen LogP contribution in [0.4, 0.5) is 13.2 Å². The summed E-state index contributed by atoms with van der Waals surface area (Å²) in [6.45, 7) is 3.81. The van der Waals surface area contributed by atoms with Crippen LogP contribution in [0.1, 0.15) is 62.3 Å². The number of nitrogens with zero attached hydrogens (tertiary/aromatic N) is 2. The minimum atomic E-state index is -1.27. The largest absolute Gasteiger partial charge is 0.344 e. The van der Waals surface area contributed by atoms with Gasteiger partial charge in [0.05, 0.1) is 0 Å². The lowest BCUT2D eigenvalue weighted by Gasteiger charge is -2.20. The Balaban J connectivity index is 1.60. The van der Waals surface area contributed by atoms with Gasteiger partial charge in [0.25, 0.3) is 0 Å². The van der Waals surface area contributed by atoms with Crippen molar-refractivity contribution in [2.75, 3.05) is 0 Å². The van der Waals surface area contributed by atoms with Gasteiger partial charge in [-0.3, -0.25) is 4.79 Å². The summed E-state index contributed by atoms with van der Waals surface area (Å²) in [5, 5.41) is 6.77. The van der Waals surface area contributed by atoms with Crippen molar-refractivity contribution in [1.29, 1.82) is 0 Å². The second kappa shape index (κ2) is 8.30. The van der Waals surface area contributed by atoms with E-state index in [0.29, 0.717) is 23.7 Å². The molecule has 1 aromatic heterocycles. The maximum Gasteiger partial charge on any atom is 0.249 e. The zero-order valence-electron chi connectivity index (χ0n) is 15.7. The molecule has 1 heterocycles. The first-order valence-electron chi connectivity index (χ1n) is 9.26. The fourth-order valence-corrected chi connectivity index (χ4v) is 2.94. The molecule has 0 saturated heterocycles. The van der Waals surface area contributed by atoms with E-state index < -0.39 is 29.5 Å². The number of hydrogen-bond acceptors (Lipinski definition) is 5. The molecule has 3 N–H and O–H groups in total. The smallest absolute Gasteiger partial charge is 0.249 e. The summed E-state index contributed by atoms with van der Waals surface area (Å²) >= 11 is 0. The van der Waals surface area contributed by atoms with E-state index in [0.717, 1.165) is 18.9 Å². The van der Waals surface area contributed by atoms with E-state index in [4.69, 9.17) is 10.3 Å². The van der Waals surface area contributed by atoms with Gasteiger partial charge in [-0.1, -0.05) is 19.0 Å². The summed E-state index contributed by atoms with van der Waals surface area (Å²) < 4.78 is 45.4. The van der Waals surface area contributed by atoms with E-state index in [1.165, 1.54) is 0 Å². The van der Waals surface area contributed by atoms with Crippen molar-refractivity contribution in [2.45, 2.75) is 57.5 Å². The maximum atomic E-state index is 13.7. The van der Waals surface area contributed by atoms with E-state index in [-0.39, 0.29) is 30.2 Å². The Morgan fingerprint density at radius 3 is 2.57 bits per heavy atom. The highest BCUT2D eigenvalue weighted by Crippen LogP contribution is 2.38. The molecule has 1 aliphatic carbocycles. The molecule has 9 heteroatoms. The summed E-state index contributed by atoms with van der Waals surface area (Å²) in [4.78, 5) is 16.8. The van der Waals surface area contributed by atoms with Gasteiger partial charge in [-0.25, -0.2) is 13.2 Å². The molecular weight excluding hydrogens is 373 g/mol. The molecule has 3 rings (SSSR count). The summed E-state index contributed by atoms with van der Waals surface area (Å²) in [6, 6.07) is -0.00665. The Hall–Kier alpha value is -2.42. The van der Waals surface area contributed by atoms with Crippen LogP contribution in [0, 0.1) is 23.4 Å². The van der Waals surface area contributed by atoms with Crippen LogP contribution in [0.25, 0.3) is 0 Å². The zero-order chi connectivity index (χ0) is 20.4. The molecule has 1 aromatic carbocycles. The molecule has 2 aromatic rings. The highest BCUT2D eigenvalue weighted by molar-refractivity contribution is 5.77. The first-order valence-corrected chi connectivity index (χ1v) is 9.26. The van der Waals surface area contributed by atoms with Gasteiger partial charge in [-0.15, -0.1) is 0 Å². The standard InChI is InChI=1S/C19H23F3N4O2/c1-9(2)17(19-25-18(26-28-19)10-3-4-10)24-16(27)7-12(23)5-11-6-14(21)15(22)8-13(11)20/h6,8-10,12,17H,3-5,7,23H2,1-2H3,(H,24,27)/t12?,17-/m0/s1. The average molecular weight is 396 g/mol. The van der Waals surface area contributed by atoms with Gasteiger partial charge in [0.2, 0.25) is 11.8 Å². The summed E-state index contributed by atoms with van der Waals surface area (Å²) in [5.74, 6) is -2.37. The van der Waals surface area contributed by atoms with Crippen LogP contribution in [-0.4, -0.2) is 22.1 Å². The van der Waals surface area contributed by atoms with Gasteiger partial charge in [0, 0.05) is 24.4 Å². The van der Waals surface area contributed by atoms with E-state index in [1.807, 2.05) is 13.8 Å². The van der Waals surface area contributed by atoms with E-state index in [1.54, 1.807) is 0 Å². The quantitative estimate of drug-likeness (QED) is 0.669. The first kappa shape index (κ1) is 20.3. The predicted octanol–water partition coefficient (Wildman–Crippen LogP) is 3.14. The number of nitrogens with two attached hydrogens (primary N) is 1. The third-order valence-electron chi connectivity index (χ3n) is 4.67. The summed E-state index contributed by atoms with van der Waals surface area (Å²) in [6.07, 6.45) is 1.85. The number of halogens is 3. The van der Waals surface area contributed by atoms with Crippen molar-refractivity contribution < 1.29 is 22.5 Å². The number of carbonyl (C=O) groups excluding carboxylic acids is 1. The number of rotatable bonds is 8. The first-order chi connectivity index (χ1) is 13.2. The van der Waals surface area contributed by atoms with E-state index in [9.17, 15) is 18.0 Å². The lowest BCUT2D eigenvalue weighted by atomic mass is 10.0. The Labute approximate surface area is 160 Å². The monoisotopic (exact) mass is 396 g/mol. The molecule has 2 atom stereocenters. The highest BCUT2D eigenvalue weighted by atomic mass is 19.2. The molecule has 1 unspecified atom stereocenters. The SMILES string of the molecule is CC(C)[C@H](NC(=O)CC(N)Cc1cc(F)c(F)cc1F)c1nc(C2CC2)no1. The minimum absolute atomic E-state index is 0.00341. The highest BCUT2D eigenvalue weighted by Gasteiger charge is 2.31. The second-order valence-electron chi connectivity index (χ2n) is 7.58. The number of carbonyl (C=O) groups is 1. The average Bonchev–Trinajstić information content (AvgIpc) is 3.35. The fourth-order valence-electron chi connectivity index (χ4n) is 2.94. The normalized spacial score (nSPS) is 16.2. The molecule has 0 aliphatic heterocycles. The van der Waals surface area contributed by atoms with E-state index in [2.05, 4.69) is 15.5 Å². The number of amides is 1. The van der Waals surface area contributed by atoms with Gasteiger partial charge in [0.15, 0.2) is 17.5 Å². The van der Waals surface area contributed by atoms with Gasteiger partial charge in [0.1, 0.15) is 11.9 Å². The fraction of sp³-hybridized carbons (Fsp3) is 0.526. The van der Waals surface area contributed by atoms with Crippen LogP contribution in [0.2, 0.25) is 0 Å². The van der Waals surface area contributed by atoms with Crippen LogP contribution in [0.5, 0.6) is 0 Å². The van der Waals surface area contributed by atoms with Crippen LogP contribution in [-0.2, 0) is 11.2 Å². The molecule has 0 bridgehead atoms. The Morgan fingerprint density at radius 1 is 1.25 bits per heavy atom. The van der Waals surface area contributed by atoms with Crippen LogP contribution >= 0.6 is 0 Å². The van der Waals surface area contributed by atoms with Crippen molar-refractivity contribution in [3.05, 3.63) is 46.9 Å². The van der Waals surface area contributed by atoms with Gasteiger partial charge in [-0.2, -0.15) is 4.98 Å². The summed E-state index contributed by atoms with van der Waals surface area (Å²) in [5.41, 5.74) is 5.83. The molecule has 0 radical (unpaired) electrons. The lowest BCUT2D eigenvalue weighted by molar-refractivity contribution is -0.122. The number of hydrogen-bond donors (Lipinski definition) is 2. The zero-order valence-corrected chi connectivity index (χ0v) is 15.7. The Morgan fingerprint density at radius 2 is 1.93 bits per heavy atom. The summed E-state index contributed by atoms with van der Waals surface area (Å²) in [7, 11) is 0. The van der Waals surface area contributed by atoms with Crippen LogP contribution in [0.3, 0.4) is 0 Å². The van der Waals surface area contributed by atoms with Crippen LogP contribution in [0.15, 0.2) is 16.7 Å². The third-order valence-corrected chi connectivity index (χ3v) is 4.67.